The largest absolute Gasteiger partial charge is 0.357 e. The fourth-order valence-electron chi connectivity index (χ4n) is 3.87. The summed E-state index contributed by atoms with van der Waals surface area (Å²) in [5.74, 6) is 1.58. The van der Waals surface area contributed by atoms with Crippen molar-refractivity contribution in [2.24, 2.45) is 10.9 Å². The maximum absolute atomic E-state index is 4.84. The lowest BCUT2D eigenvalue weighted by atomic mass is 10.1. The van der Waals surface area contributed by atoms with E-state index in [1.54, 1.807) is 0 Å². The van der Waals surface area contributed by atoms with Crippen LogP contribution in [-0.4, -0.2) is 99.2 Å². The molecule has 2 heterocycles. The Kier molecular flexibility index (Phi) is 12.1. The maximum atomic E-state index is 4.84. The van der Waals surface area contributed by atoms with Gasteiger partial charge in [0.25, 0.3) is 0 Å². The van der Waals surface area contributed by atoms with Crippen LogP contribution >= 0.6 is 24.0 Å². The summed E-state index contributed by atoms with van der Waals surface area (Å²) in [7, 11) is 2.21. The van der Waals surface area contributed by atoms with Gasteiger partial charge < -0.3 is 20.4 Å². The molecule has 7 heteroatoms. The van der Waals surface area contributed by atoms with Crippen molar-refractivity contribution in [2.75, 3.05) is 72.5 Å². The number of halogens is 1. The molecule has 2 unspecified atom stereocenters. The van der Waals surface area contributed by atoms with Gasteiger partial charge in [-0.05, 0) is 45.8 Å². The van der Waals surface area contributed by atoms with Gasteiger partial charge in [0.05, 0.1) is 0 Å². The van der Waals surface area contributed by atoms with E-state index in [0.717, 1.165) is 38.7 Å². The van der Waals surface area contributed by atoms with E-state index >= 15 is 0 Å². The Balaban J connectivity index is 0.00000338. The molecule has 26 heavy (non-hydrogen) atoms. The Hall–Kier alpha value is -0.120. The molecular weight excluding hydrogens is 439 g/mol. The summed E-state index contributed by atoms with van der Waals surface area (Å²) in [6, 6.07) is 0.664. The van der Waals surface area contributed by atoms with Gasteiger partial charge in [-0.1, -0.05) is 13.8 Å². The van der Waals surface area contributed by atoms with Gasteiger partial charge in [-0.2, -0.15) is 0 Å². The van der Waals surface area contributed by atoms with Crippen molar-refractivity contribution in [1.82, 2.24) is 25.3 Å². The van der Waals surface area contributed by atoms with Crippen LogP contribution in [0, 0.1) is 5.92 Å². The topological polar surface area (TPSA) is 46.1 Å². The number of likely N-dealkylation sites (N-methyl/N-ethyl adjacent to an activating group) is 2. The predicted octanol–water partition coefficient (Wildman–Crippen LogP) is 1.53. The smallest absolute Gasteiger partial charge is 0.191 e. The summed E-state index contributed by atoms with van der Waals surface area (Å²) in [4.78, 5) is 12.4. The summed E-state index contributed by atoms with van der Waals surface area (Å²) < 4.78 is 0. The van der Waals surface area contributed by atoms with E-state index in [4.69, 9.17) is 4.99 Å². The third-order valence-corrected chi connectivity index (χ3v) is 5.48. The molecule has 0 aromatic carbocycles. The Morgan fingerprint density at radius 1 is 1.12 bits per heavy atom. The molecule has 0 radical (unpaired) electrons. The molecule has 6 nitrogen and oxygen atoms in total. The molecule has 0 aromatic rings. The van der Waals surface area contributed by atoms with Gasteiger partial charge in [0.15, 0.2) is 5.96 Å². The molecule has 0 saturated carbocycles. The van der Waals surface area contributed by atoms with Crippen molar-refractivity contribution in [3.05, 3.63) is 0 Å². The lowest BCUT2D eigenvalue weighted by molar-refractivity contribution is 0.140. The molecular formula is C19H41IN6. The van der Waals surface area contributed by atoms with Crippen LogP contribution in [0.5, 0.6) is 0 Å². The van der Waals surface area contributed by atoms with Crippen LogP contribution in [0.3, 0.4) is 0 Å². The second kappa shape index (κ2) is 13.1. The van der Waals surface area contributed by atoms with Gasteiger partial charge in [-0.3, -0.25) is 9.89 Å². The highest BCUT2D eigenvalue weighted by molar-refractivity contribution is 14.0. The van der Waals surface area contributed by atoms with Crippen LogP contribution in [0.25, 0.3) is 0 Å². The van der Waals surface area contributed by atoms with Crippen LogP contribution in [-0.2, 0) is 0 Å². The quantitative estimate of drug-likeness (QED) is 0.314. The van der Waals surface area contributed by atoms with E-state index in [9.17, 15) is 0 Å². The number of guanidine groups is 1. The van der Waals surface area contributed by atoms with Crippen LogP contribution in [0.15, 0.2) is 4.99 Å². The summed E-state index contributed by atoms with van der Waals surface area (Å²) in [5, 5.41) is 6.97. The lowest BCUT2D eigenvalue weighted by Gasteiger charge is -2.33. The van der Waals surface area contributed by atoms with E-state index in [2.05, 4.69) is 53.2 Å². The first kappa shape index (κ1) is 23.9. The van der Waals surface area contributed by atoms with E-state index in [1.807, 2.05) is 0 Å². The number of piperazine rings is 1. The lowest BCUT2D eigenvalue weighted by Crippen LogP contribution is -2.46. The summed E-state index contributed by atoms with van der Waals surface area (Å²) in [5.41, 5.74) is 0. The van der Waals surface area contributed by atoms with Gasteiger partial charge in [0.1, 0.15) is 0 Å². The van der Waals surface area contributed by atoms with Crippen molar-refractivity contribution in [3.8, 4) is 0 Å². The second-order valence-electron chi connectivity index (χ2n) is 7.73. The highest BCUT2D eigenvalue weighted by atomic mass is 127. The standard InChI is InChI=1S/C19H40N6.HI/c1-5-20-19(22-15-18-8-7-9-25(18)6-2)21-14-17(3)16-24-12-10-23(4)11-13-24;/h17-18H,5-16H2,1-4H3,(H2,20,21,22);1H. The molecule has 0 spiro atoms. The first-order valence-electron chi connectivity index (χ1n) is 10.3. The second-order valence-corrected chi connectivity index (χ2v) is 7.73. The molecule has 2 aliphatic heterocycles. The Morgan fingerprint density at radius 2 is 1.85 bits per heavy atom. The SMILES string of the molecule is CCNC(=NCC(C)CN1CCN(C)CC1)NCC1CCCN1CC.I. The van der Waals surface area contributed by atoms with E-state index < -0.39 is 0 Å². The van der Waals surface area contributed by atoms with Gasteiger partial charge >= 0.3 is 0 Å². The van der Waals surface area contributed by atoms with Gasteiger partial charge in [0.2, 0.25) is 0 Å². The molecule has 0 amide bonds. The first-order chi connectivity index (χ1) is 12.1. The number of hydrogen-bond donors (Lipinski definition) is 2. The average Bonchev–Trinajstić information content (AvgIpc) is 3.07. The third kappa shape index (κ3) is 8.27. The molecule has 0 bridgehead atoms. The van der Waals surface area contributed by atoms with Gasteiger partial charge in [-0.25, -0.2) is 0 Å². The van der Waals surface area contributed by atoms with Gasteiger partial charge in [0, 0.05) is 58.4 Å². The van der Waals surface area contributed by atoms with Crippen molar-refractivity contribution < 1.29 is 0 Å². The monoisotopic (exact) mass is 480 g/mol. The fourth-order valence-corrected chi connectivity index (χ4v) is 3.87. The highest BCUT2D eigenvalue weighted by Crippen LogP contribution is 2.15. The van der Waals surface area contributed by atoms with Crippen LogP contribution < -0.4 is 10.6 Å². The number of nitrogens with one attached hydrogen (secondary N) is 2. The maximum Gasteiger partial charge on any atom is 0.191 e. The summed E-state index contributed by atoms with van der Waals surface area (Å²) in [6.45, 7) is 17.9. The van der Waals surface area contributed by atoms with E-state index in [1.165, 1.54) is 45.6 Å². The zero-order chi connectivity index (χ0) is 18.1. The molecule has 154 valence electrons. The van der Waals surface area contributed by atoms with Crippen molar-refractivity contribution in [2.45, 2.75) is 39.7 Å². The molecule has 2 rings (SSSR count). The minimum Gasteiger partial charge on any atom is -0.357 e. The molecule has 2 N–H and O–H groups in total. The Morgan fingerprint density at radius 3 is 2.50 bits per heavy atom. The fraction of sp³-hybridized carbons (Fsp3) is 0.947. The Labute approximate surface area is 178 Å². The zero-order valence-corrected chi connectivity index (χ0v) is 19.7. The molecule has 2 aliphatic rings. The highest BCUT2D eigenvalue weighted by Gasteiger charge is 2.22. The molecule has 2 atom stereocenters. The minimum atomic E-state index is 0. The van der Waals surface area contributed by atoms with Crippen LogP contribution in [0.4, 0.5) is 0 Å². The normalized spacial score (nSPS) is 24.3. The molecule has 0 aromatic heterocycles. The molecule has 0 aliphatic carbocycles. The van der Waals surface area contributed by atoms with Crippen molar-refractivity contribution >= 4 is 29.9 Å². The summed E-state index contributed by atoms with van der Waals surface area (Å²) >= 11 is 0. The number of nitrogens with zero attached hydrogens (tertiary/aromatic N) is 4. The number of likely N-dealkylation sites (tertiary alicyclic amines) is 1. The minimum absolute atomic E-state index is 0. The van der Waals surface area contributed by atoms with Crippen LogP contribution in [0.1, 0.15) is 33.6 Å². The molecule has 2 fully saturated rings. The van der Waals surface area contributed by atoms with Crippen LogP contribution in [0.2, 0.25) is 0 Å². The van der Waals surface area contributed by atoms with E-state index in [-0.39, 0.29) is 24.0 Å². The summed E-state index contributed by atoms with van der Waals surface area (Å²) in [6.07, 6.45) is 2.63. The number of aliphatic imine (C=N–C) groups is 1. The van der Waals surface area contributed by atoms with E-state index in [0.29, 0.717) is 12.0 Å². The molecule has 2 saturated heterocycles. The number of rotatable bonds is 8. The van der Waals surface area contributed by atoms with Gasteiger partial charge in [-0.15, -0.1) is 24.0 Å². The predicted molar refractivity (Wildman–Crippen MR) is 123 cm³/mol. The Bertz CT molecular complexity index is 397. The zero-order valence-electron chi connectivity index (χ0n) is 17.3. The van der Waals surface area contributed by atoms with Crippen molar-refractivity contribution in [1.29, 1.82) is 0 Å². The third-order valence-electron chi connectivity index (χ3n) is 5.48. The number of hydrogen-bond acceptors (Lipinski definition) is 4. The first-order valence-corrected chi connectivity index (χ1v) is 10.3. The average molecular weight is 480 g/mol. The van der Waals surface area contributed by atoms with Crippen molar-refractivity contribution in [3.63, 3.8) is 0 Å².